The van der Waals surface area contributed by atoms with E-state index in [9.17, 15) is 31.5 Å². The van der Waals surface area contributed by atoms with Crippen LogP contribution in [0.2, 0.25) is 0 Å². The smallest absolute Gasteiger partial charge is 0.422 e. The number of rotatable bonds is 5. The third-order valence-corrected chi connectivity index (χ3v) is 6.79. The molecule has 1 aromatic rings. The number of hydrogen-bond donors (Lipinski definition) is 1. The van der Waals surface area contributed by atoms with Crippen molar-refractivity contribution in [3.8, 4) is 5.88 Å². The minimum Gasteiger partial charge on any atom is -0.481 e. The summed E-state index contributed by atoms with van der Waals surface area (Å²) >= 11 is 0. The van der Waals surface area contributed by atoms with Crippen molar-refractivity contribution >= 4 is 16.0 Å². The molecule has 2 heterocycles. The third-order valence-electron chi connectivity index (χ3n) is 5.00. The third kappa shape index (κ3) is 3.37. The first-order chi connectivity index (χ1) is 12.0. The molecule has 1 N–H and O–H groups in total. The van der Waals surface area contributed by atoms with E-state index in [0.29, 0.717) is 12.8 Å². The summed E-state index contributed by atoms with van der Waals surface area (Å²) < 4.78 is 67.4. The number of ether oxygens (including phenoxy) is 1. The number of carboxylic acid groups (broad SMARTS) is 1. The van der Waals surface area contributed by atoms with Gasteiger partial charge in [0.15, 0.2) is 6.61 Å². The number of hydrogen-bond acceptors (Lipinski definition) is 5. The molecule has 2 atom stereocenters. The summed E-state index contributed by atoms with van der Waals surface area (Å²) in [5.41, 5.74) is -1.06. The van der Waals surface area contributed by atoms with E-state index in [1.807, 2.05) is 0 Å². The summed E-state index contributed by atoms with van der Waals surface area (Å²) in [5, 5.41) is 9.55. The number of alkyl halides is 3. The second-order valence-electron chi connectivity index (χ2n) is 6.58. The van der Waals surface area contributed by atoms with Gasteiger partial charge in [-0.25, -0.2) is 13.4 Å². The van der Waals surface area contributed by atoms with Crippen LogP contribution in [-0.4, -0.2) is 54.7 Å². The molecule has 1 saturated carbocycles. The van der Waals surface area contributed by atoms with Crippen LogP contribution < -0.4 is 4.74 Å². The van der Waals surface area contributed by atoms with Crippen molar-refractivity contribution in [2.75, 3.05) is 19.7 Å². The Morgan fingerprint density at radius 2 is 2.15 bits per heavy atom. The van der Waals surface area contributed by atoms with Crippen LogP contribution in [0.3, 0.4) is 0 Å². The van der Waals surface area contributed by atoms with Crippen LogP contribution in [0.15, 0.2) is 23.2 Å². The first kappa shape index (κ1) is 18.9. The summed E-state index contributed by atoms with van der Waals surface area (Å²) in [7, 11) is -3.98. The summed E-state index contributed by atoms with van der Waals surface area (Å²) in [6.45, 7) is -1.52. The molecule has 0 aromatic carbocycles. The number of nitrogens with zero attached hydrogens (tertiary/aromatic N) is 2. The Hall–Kier alpha value is -1.88. The van der Waals surface area contributed by atoms with E-state index < -0.39 is 34.2 Å². The predicted molar refractivity (Wildman–Crippen MR) is 82.0 cm³/mol. The van der Waals surface area contributed by atoms with Crippen molar-refractivity contribution in [1.82, 2.24) is 9.29 Å². The average molecular weight is 394 g/mol. The number of aliphatic carboxylic acids is 1. The van der Waals surface area contributed by atoms with Gasteiger partial charge in [0.2, 0.25) is 15.9 Å². The largest absolute Gasteiger partial charge is 0.481 e. The summed E-state index contributed by atoms with van der Waals surface area (Å²) in [5.74, 6) is -1.58. The van der Waals surface area contributed by atoms with E-state index in [1.165, 1.54) is 0 Å². The molecule has 0 amide bonds. The maximum Gasteiger partial charge on any atom is 0.422 e. The Morgan fingerprint density at radius 3 is 2.69 bits per heavy atom. The fourth-order valence-corrected chi connectivity index (χ4v) is 5.19. The van der Waals surface area contributed by atoms with Gasteiger partial charge in [-0.15, -0.1) is 0 Å². The first-order valence-electron chi connectivity index (χ1n) is 7.94. The zero-order valence-electron chi connectivity index (χ0n) is 13.6. The molecule has 1 aromatic heterocycles. The van der Waals surface area contributed by atoms with E-state index in [4.69, 9.17) is 0 Å². The number of halogens is 3. The molecule has 2 aliphatic rings. The molecule has 7 nitrogen and oxygen atoms in total. The van der Waals surface area contributed by atoms with Gasteiger partial charge in [0.25, 0.3) is 0 Å². The lowest BCUT2D eigenvalue weighted by atomic mass is 9.81. The lowest BCUT2D eigenvalue weighted by molar-refractivity contribution is -0.154. The van der Waals surface area contributed by atoms with E-state index in [2.05, 4.69) is 9.72 Å². The fraction of sp³-hybridized carbons (Fsp3) is 0.600. The molecule has 0 bridgehead atoms. The molecule has 3 rings (SSSR count). The van der Waals surface area contributed by atoms with Gasteiger partial charge in [-0.05, 0) is 24.8 Å². The molecule has 11 heteroatoms. The monoisotopic (exact) mass is 394 g/mol. The summed E-state index contributed by atoms with van der Waals surface area (Å²) in [6, 6.07) is 2.15. The number of sulfonamides is 1. The Labute approximate surface area is 147 Å². The lowest BCUT2D eigenvalue weighted by Gasteiger charge is -2.23. The van der Waals surface area contributed by atoms with E-state index in [0.717, 1.165) is 29.1 Å². The second-order valence-corrected chi connectivity index (χ2v) is 8.52. The fourth-order valence-electron chi connectivity index (χ4n) is 3.69. The maximum atomic E-state index is 12.7. The SMILES string of the molecule is O=C(O)[C@@]12CCC[C@H]1CN(S(=O)(=O)c1ccc(OCC(F)(F)F)nc1)C2. The highest BCUT2D eigenvalue weighted by molar-refractivity contribution is 7.89. The van der Waals surface area contributed by atoms with E-state index in [1.54, 1.807) is 0 Å². The Bertz CT molecular complexity index is 796. The van der Waals surface area contributed by atoms with Crippen molar-refractivity contribution < 1.29 is 36.2 Å². The number of fused-ring (bicyclic) bond motifs is 1. The number of aromatic nitrogens is 1. The van der Waals surface area contributed by atoms with Crippen molar-refractivity contribution in [3.05, 3.63) is 18.3 Å². The van der Waals surface area contributed by atoms with Crippen LogP contribution >= 0.6 is 0 Å². The molecule has 26 heavy (non-hydrogen) atoms. The molecular weight excluding hydrogens is 377 g/mol. The van der Waals surface area contributed by atoms with Gasteiger partial charge in [-0.3, -0.25) is 4.79 Å². The van der Waals surface area contributed by atoms with E-state index >= 15 is 0 Å². The standard InChI is InChI=1S/C15H17F3N2O5S/c16-15(17,18)9-25-12-4-3-11(6-19-12)26(23,24)20-7-10-2-1-5-14(10,8-20)13(21)22/h3-4,6,10H,1-2,5,7-9H2,(H,21,22)/t10-,14+/m0/s1. The molecular formula is C15H17F3N2O5S. The van der Waals surface area contributed by atoms with Gasteiger partial charge in [0.1, 0.15) is 4.90 Å². The molecule has 144 valence electrons. The lowest BCUT2D eigenvalue weighted by Crippen LogP contribution is -2.37. The van der Waals surface area contributed by atoms with Gasteiger partial charge >= 0.3 is 12.1 Å². The summed E-state index contributed by atoms with van der Waals surface area (Å²) in [6.07, 6.45) is -1.77. The molecule has 1 aliphatic carbocycles. The second kappa shape index (κ2) is 6.38. The zero-order chi connectivity index (χ0) is 19.2. The molecule has 0 spiro atoms. The molecule has 1 aliphatic heterocycles. The quantitative estimate of drug-likeness (QED) is 0.819. The average Bonchev–Trinajstić information content (AvgIpc) is 3.11. The zero-order valence-corrected chi connectivity index (χ0v) is 14.4. The minimum absolute atomic E-state index is 0.109. The first-order valence-corrected chi connectivity index (χ1v) is 9.38. The predicted octanol–water partition coefficient (Wildman–Crippen LogP) is 1.90. The Morgan fingerprint density at radius 1 is 1.42 bits per heavy atom. The van der Waals surface area contributed by atoms with Crippen LogP contribution in [0, 0.1) is 11.3 Å². The summed E-state index contributed by atoms with van der Waals surface area (Å²) in [4.78, 5) is 15.1. The number of carbonyl (C=O) groups is 1. The van der Waals surface area contributed by atoms with E-state index in [-0.39, 0.29) is 29.8 Å². The van der Waals surface area contributed by atoms with Crippen LogP contribution in [0.5, 0.6) is 5.88 Å². The number of pyridine rings is 1. The minimum atomic E-state index is -4.52. The van der Waals surface area contributed by atoms with Crippen molar-refractivity contribution in [3.63, 3.8) is 0 Å². The van der Waals surface area contributed by atoms with Crippen LogP contribution in [0.4, 0.5) is 13.2 Å². The molecule has 0 radical (unpaired) electrons. The van der Waals surface area contributed by atoms with Crippen molar-refractivity contribution in [1.29, 1.82) is 0 Å². The van der Waals surface area contributed by atoms with Gasteiger partial charge in [0, 0.05) is 19.2 Å². The highest BCUT2D eigenvalue weighted by Crippen LogP contribution is 2.50. The van der Waals surface area contributed by atoms with Crippen LogP contribution in [0.1, 0.15) is 19.3 Å². The highest BCUT2D eigenvalue weighted by atomic mass is 32.2. The van der Waals surface area contributed by atoms with Crippen LogP contribution in [0.25, 0.3) is 0 Å². The topological polar surface area (TPSA) is 96.8 Å². The van der Waals surface area contributed by atoms with Gasteiger partial charge in [0.05, 0.1) is 11.6 Å². The molecule has 2 fully saturated rings. The molecule has 1 saturated heterocycles. The highest BCUT2D eigenvalue weighted by Gasteiger charge is 2.57. The Kier molecular flexibility index (Phi) is 4.63. The maximum absolute atomic E-state index is 12.7. The van der Waals surface area contributed by atoms with Gasteiger partial charge in [-0.1, -0.05) is 6.42 Å². The van der Waals surface area contributed by atoms with Crippen molar-refractivity contribution in [2.24, 2.45) is 11.3 Å². The van der Waals surface area contributed by atoms with Crippen molar-refractivity contribution in [2.45, 2.75) is 30.3 Å². The normalized spacial score (nSPS) is 26.7. The molecule has 0 unspecified atom stereocenters. The number of carboxylic acids is 1. The van der Waals surface area contributed by atoms with Gasteiger partial charge in [-0.2, -0.15) is 17.5 Å². The van der Waals surface area contributed by atoms with Crippen LogP contribution in [-0.2, 0) is 14.8 Å². The Balaban J connectivity index is 1.76. The van der Waals surface area contributed by atoms with Gasteiger partial charge < -0.3 is 9.84 Å².